The van der Waals surface area contributed by atoms with E-state index in [-0.39, 0.29) is 0 Å². The number of hydrogen-bond donors (Lipinski definition) is 28. The number of aliphatic hydroxyl groups is 26. The van der Waals surface area contributed by atoms with Crippen molar-refractivity contribution in [2.75, 3.05) is 39.6 Å². The fraction of sp³-hybridized carbons (Fsp3) is 0.969. The molecule has 49 nitrogen and oxygen atoms in total. The zero-order valence-electron chi connectivity index (χ0n) is 61.3. The fourth-order valence-corrected chi connectivity index (χ4v) is 15.0. The molecule has 10 aliphatic heterocycles. The Hall–Kier alpha value is -2.86. The highest BCUT2D eigenvalue weighted by Gasteiger charge is 2.63. The van der Waals surface area contributed by atoms with Crippen molar-refractivity contribution in [2.24, 2.45) is 0 Å². The minimum atomic E-state index is -2.54. The van der Waals surface area contributed by atoms with Crippen LogP contribution in [-0.4, -0.2) is 491 Å². The van der Waals surface area contributed by atoms with Crippen molar-refractivity contribution in [3.63, 3.8) is 0 Å². The van der Waals surface area contributed by atoms with Crippen molar-refractivity contribution in [3.05, 3.63) is 0 Å². The Bertz CT molecular complexity index is 2970. The lowest BCUT2D eigenvalue weighted by Gasteiger charge is -2.53. The number of ether oxygens (including phenoxy) is 19. The molecule has 10 aliphatic rings. The van der Waals surface area contributed by atoms with Crippen LogP contribution in [0.3, 0.4) is 0 Å². The molecule has 10 saturated heterocycles. The number of aliphatic hydroxyl groups excluding tert-OH is 26. The summed E-state index contributed by atoms with van der Waals surface area (Å²) in [5.41, 5.74) is 0. The molecule has 28 N–H and O–H groups in total. The van der Waals surface area contributed by atoms with Gasteiger partial charge in [0.1, 0.15) is 220 Å². The molecule has 0 aromatic rings. The Morgan fingerprint density at radius 3 is 0.867 bits per heavy atom. The van der Waals surface area contributed by atoms with E-state index in [4.69, 9.17) is 90.0 Å². The van der Waals surface area contributed by atoms with E-state index in [2.05, 4.69) is 10.6 Å². The topological polar surface area (TPSA) is 760 Å². The molecule has 656 valence electrons. The minimum Gasteiger partial charge on any atom is -0.394 e. The first-order valence-corrected chi connectivity index (χ1v) is 36.6. The van der Waals surface area contributed by atoms with E-state index in [0.29, 0.717) is 0 Å². The van der Waals surface area contributed by atoms with Crippen molar-refractivity contribution in [1.29, 1.82) is 0 Å². The molecule has 0 aliphatic carbocycles. The van der Waals surface area contributed by atoms with Gasteiger partial charge >= 0.3 is 0 Å². The summed E-state index contributed by atoms with van der Waals surface area (Å²) < 4.78 is 116. The normalized spacial score (nSPS) is 52.8. The molecule has 50 atom stereocenters. The number of amides is 2. The van der Waals surface area contributed by atoms with E-state index in [1.807, 2.05) is 0 Å². The van der Waals surface area contributed by atoms with E-state index in [0.717, 1.165) is 13.8 Å². The largest absolute Gasteiger partial charge is 0.394 e. The first-order valence-electron chi connectivity index (χ1n) is 36.6. The van der Waals surface area contributed by atoms with Gasteiger partial charge in [0, 0.05) is 13.8 Å². The summed E-state index contributed by atoms with van der Waals surface area (Å²) in [6, 6.07) is -4.34. The minimum absolute atomic E-state index is 0.894. The summed E-state index contributed by atoms with van der Waals surface area (Å²) >= 11 is 0. The van der Waals surface area contributed by atoms with Crippen LogP contribution in [0.25, 0.3) is 0 Å². The predicted molar refractivity (Wildman–Crippen MR) is 347 cm³/mol. The highest BCUT2D eigenvalue weighted by atomic mass is 16.8. The Labute approximate surface area is 641 Å². The molecule has 0 bridgehead atoms. The lowest BCUT2D eigenvalue weighted by Crippen LogP contribution is -2.73. The number of carbonyl (C=O) groups is 2. The van der Waals surface area contributed by atoms with Gasteiger partial charge in [-0.25, -0.2) is 0 Å². The van der Waals surface area contributed by atoms with Gasteiger partial charge in [0.15, 0.2) is 62.9 Å². The molecular formula is C64H108N2O47. The van der Waals surface area contributed by atoms with Gasteiger partial charge in [-0.2, -0.15) is 0 Å². The molecule has 0 unspecified atom stereocenters. The van der Waals surface area contributed by atoms with Gasteiger partial charge in [-0.1, -0.05) is 0 Å². The maximum absolute atomic E-state index is 13.9. The average molecular weight is 1660 g/mol. The van der Waals surface area contributed by atoms with Gasteiger partial charge in [-0.3, -0.25) is 9.59 Å². The quantitative estimate of drug-likeness (QED) is 0.0382. The van der Waals surface area contributed by atoms with Crippen LogP contribution in [0.4, 0.5) is 0 Å². The lowest BCUT2D eigenvalue weighted by molar-refractivity contribution is -0.414. The SMILES string of the molecule is CC(=O)N[C@H]1[C@H](O[C@H]2[C@@H](O)[C@@H](CO)O[C@@H](O[C@@H]3[C@@H](NC(C)=O)[C@H](O[C@H]4[C@@H](O)[C@@H](CO)O[C@@H](O[C@H]5[C@H](O)[C@@H](O)[C@H](O)O[C@@H]5CO)[C@@H]4O)O[C@H](CO)[C@H]3O[C@@H]3O[C@@H](C)[C@@H](O)[C@@H](O)[C@@H]3O)[C@@H]2O[C@@H]2O[C@@H](C)[C@@H](O)[C@@H](O)[C@@H]2O)O[C@H](CO)[C@@H](O[C@@H]2O[C@@H](C)[C@@H](O)[C@@H](O)[C@@H]2O)[C@@H]1O[C@@H]1O[C@H](CO)[C@H](O)[C@H](O)[C@H]1O[C@@H]1O[C@@H](C)[C@@H](O)[C@@H](O)[C@@H]1O. The van der Waals surface area contributed by atoms with E-state index >= 15 is 0 Å². The van der Waals surface area contributed by atoms with Crippen molar-refractivity contribution in [3.8, 4) is 0 Å². The second kappa shape index (κ2) is 39.3. The van der Waals surface area contributed by atoms with Crippen LogP contribution in [0.1, 0.15) is 41.5 Å². The molecule has 0 saturated carbocycles. The number of hydrogen-bond acceptors (Lipinski definition) is 47. The molecule has 2 amide bonds. The summed E-state index contributed by atoms with van der Waals surface area (Å²) in [5, 5.41) is 296. The van der Waals surface area contributed by atoms with Gasteiger partial charge in [0.25, 0.3) is 0 Å². The highest BCUT2D eigenvalue weighted by molar-refractivity contribution is 5.73. The monoisotopic (exact) mass is 1660 g/mol. The van der Waals surface area contributed by atoms with E-state index < -0.39 is 358 Å². The van der Waals surface area contributed by atoms with Gasteiger partial charge in [0.05, 0.1) is 64.1 Å². The smallest absolute Gasteiger partial charge is 0.217 e. The summed E-state index contributed by atoms with van der Waals surface area (Å²) in [6.07, 6.45) is -100.0. The molecule has 10 heterocycles. The second-order valence-electron chi connectivity index (χ2n) is 29.4. The molecule has 10 fully saturated rings. The van der Waals surface area contributed by atoms with Crippen LogP contribution in [0, 0.1) is 0 Å². The van der Waals surface area contributed by atoms with Crippen LogP contribution in [0.5, 0.6) is 0 Å². The number of carbonyl (C=O) groups excluding carboxylic acids is 2. The molecule has 113 heavy (non-hydrogen) atoms. The molecule has 0 aromatic carbocycles. The molecule has 0 spiro atoms. The Kier molecular flexibility index (Phi) is 32.2. The zero-order valence-corrected chi connectivity index (χ0v) is 61.3. The first-order chi connectivity index (χ1) is 53.3. The number of rotatable bonds is 26. The van der Waals surface area contributed by atoms with Gasteiger partial charge in [-0.05, 0) is 27.7 Å². The summed E-state index contributed by atoms with van der Waals surface area (Å²) in [7, 11) is 0. The van der Waals surface area contributed by atoms with Gasteiger partial charge in [-0.15, -0.1) is 0 Å². The number of nitrogens with one attached hydrogen (secondary N) is 2. The van der Waals surface area contributed by atoms with Crippen LogP contribution in [0.2, 0.25) is 0 Å². The zero-order chi connectivity index (χ0) is 83.1. The van der Waals surface area contributed by atoms with Gasteiger partial charge in [0.2, 0.25) is 11.8 Å². The lowest BCUT2D eigenvalue weighted by atomic mass is 9.92. The summed E-state index contributed by atoms with van der Waals surface area (Å²) in [5.74, 6) is -2.14. The molecular weight excluding hydrogens is 1550 g/mol. The van der Waals surface area contributed by atoms with Crippen molar-refractivity contribution in [1.82, 2.24) is 10.6 Å². The maximum Gasteiger partial charge on any atom is 0.217 e. The maximum atomic E-state index is 13.9. The van der Waals surface area contributed by atoms with Crippen LogP contribution in [-0.2, 0) is 99.6 Å². The van der Waals surface area contributed by atoms with E-state index in [9.17, 15) is 142 Å². The summed E-state index contributed by atoms with van der Waals surface area (Å²) in [6.45, 7) is -0.468. The van der Waals surface area contributed by atoms with Crippen LogP contribution >= 0.6 is 0 Å². The standard InChI is InChI=1S/C64H108N2O47/c1-13-27(75)34(82)41(89)58(95-13)106-47-24(12-72)104-57(26(66-18(6)74)49(47)108-63-53(38(86)31(79)19(7-67)101-63)112-60-43(91)36(84)29(77)15(3)97-60)111-52-33(81)21(9-69)102-64(54(52)113-61-44(92)37(85)30(78)16(4)98-61)109-50-25(65-17(5)73)56(103-23(11-71)48(50)107-59-42(90)35(83)28(76)14(2)96-59)110-51-32(80)20(8-68)100-62(45(51)93)105-46-22(10-70)99-55(94)40(88)39(46)87/h13-16,19-64,67-72,75-94H,7-12H2,1-6H3,(H,65,73)(H,66,74)/t13-,14-,15-,16-,19+,20+,21+,22+,23+,24+,25+,26+,27+,28+,29+,30+,31-,32-,33-,34+,35+,36+,37+,38-,39+,40+,41-,42-,43-,44-,45+,46+,47+,48+,49+,50+,51-,52-,53+,54+,55+,56-,57-,58-,59-,60-,61-,62-,63-,64-/m0/s1. The molecule has 0 radical (unpaired) electrons. The molecule has 0 aromatic heterocycles. The van der Waals surface area contributed by atoms with Crippen molar-refractivity contribution in [2.45, 2.75) is 348 Å². The first kappa shape index (κ1) is 92.4. The third-order valence-electron chi connectivity index (χ3n) is 21.5. The summed E-state index contributed by atoms with van der Waals surface area (Å²) in [4.78, 5) is 27.8. The predicted octanol–water partition coefficient (Wildman–Crippen LogP) is -18.4. The van der Waals surface area contributed by atoms with E-state index in [1.54, 1.807) is 0 Å². The molecule has 49 heteroatoms. The van der Waals surface area contributed by atoms with Crippen LogP contribution < -0.4 is 10.6 Å². The van der Waals surface area contributed by atoms with E-state index in [1.165, 1.54) is 27.7 Å². The third kappa shape index (κ3) is 19.6. The highest BCUT2D eigenvalue weighted by Crippen LogP contribution is 2.43. The van der Waals surface area contributed by atoms with Crippen LogP contribution in [0.15, 0.2) is 0 Å². The Balaban J connectivity index is 1.10. The van der Waals surface area contributed by atoms with Crippen molar-refractivity contribution >= 4 is 11.8 Å². The third-order valence-corrected chi connectivity index (χ3v) is 21.5. The Morgan fingerprint density at radius 2 is 0.496 bits per heavy atom. The fourth-order valence-electron chi connectivity index (χ4n) is 15.0. The van der Waals surface area contributed by atoms with Gasteiger partial charge < -0.3 is 233 Å². The second-order valence-corrected chi connectivity index (χ2v) is 29.4. The average Bonchev–Trinajstić information content (AvgIpc) is 0.755. The van der Waals surface area contributed by atoms with Crippen molar-refractivity contribution < 1.29 is 232 Å². The molecule has 10 rings (SSSR count). The Morgan fingerprint density at radius 1 is 0.230 bits per heavy atom.